The summed E-state index contributed by atoms with van der Waals surface area (Å²) in [6, 6.07) is 0. The summed E-state index contributed by atoms with van der Waals surface area (Å²) in [7, 11) is 0. The summed E-state index contributed by atoms with van der Waals surface area (Å²) in [5, 5.41) is 0. The summed E-state index contributed by atoms with van der Waals surface area (Å²) in [4.78, 5) is 38.0. The molecule has 0 saturated heterocycles. The van der Waals surface area contributed by atoms with Gasteiger partial charge in [0.1, 0.15) is 13.2 Å². The number of ether oxygens (including phenoxy) is 3. The molecule has 0 aromatic rings. The van der Waals surface area contributed by atoms with E-state index in [0.717, 1.165) is 116 Å². The first-order valence-electron chi connectivity index (χ1n) is 28.2. The van der Waals surface area contributed by atoms with Gasteiger partial charge in [-0.2, -0.15) is 0 Å². The lowest BCUT2D eigenvalue weighted by atomic mass is 10.0. The molecule has 1 unspecified atom stereocenters. The predicted octanol–water partition coefficient (Wildman–Crippen LogP) is 19.0. The molecule has 0 rings (SSSR count). The minimum atomic E-state index is -0.840. The standard InChI is InChI=1S/C64H102O6/c1-4-7-10-13-16-19-22-24-26-27-28-29-30-31-32-33-34-35-36-37-39-40-42-45-48-51-54-57-63(66)69-60-61(59-68-62(65)56-53-50-47-44-21-18-15-12-9-6-3)70-64(67)58-55-52-49-46-43-41-38-25-23-20-17-14-11-8-5-2/h7-8,10-12,15-17,19-20,24-26,28-29,31-32,38,43,46,52,55,61H,4-6,9,13-14,18,21-23,27,30,33-37,39-42,44-45,47-51,53-54,56-60H2,1-3H3/b10-7-,11-8-,15-12-,19-16-,20-17-,26-24-,29-28-,32-31-,38-25-,46-43-,55-52-. The number of carbonyl (C=O) groups is 3. The van der Waals surface area contributed by atoms with E-state index in [4.69, 9.17) is 14.2 Å². The number of carbonyl (C=O) groups excluding carboxylic acids is 3. The van der Waals surface area contributed by atoms with Crippen LogP contribution in [-0.4, -0.2) is 37.2 Å². The smallest absolute Gasteiger partial charge is 0.310 e. The maximum absolute atomic E-state index is 12.7. The van der Waals surface area contributed by atoms with E-state index < -0.39 is 12.1 Å². The Balaban J connectivity index is 4.33. The van der Waals surface area contributed by atoms with E-state index in [-0.39, 0.29) is 31.6 Å². The molecule has 0 aromatic carbocycles. The molecule has 0 amide bonds. The summed E-state index contributed by atoms with van der Waals surface area (Å²) in [6.07, 6.45) is 80.5. The third-order valence-corrected chi connectivity index (χ3v) is 11.4. The maximum atomic E-state index is 12.7. The topological polar surface area (TPSA) is 78.9 Å². The fourth-order valence-corrected chi connectivity index (χ4v) is 7.25. The Morgan fingerprint density at radius 3 is 0.957 bits per heavy atom. The first-order valence-corrected chi connectivity index (χ1v) is 28.2. The van der Waals surface area contributed by atoms with Crippen LogP contribution in [0.3, 0.4) is 0 Å². The van der Waals surface area contributed by atoms with Crippen molar-refractivity contribution in [2.75, 3.05) is 13.2 Å². The highest BCUT2D eigenvalue weighted by Crippen LogP contribution is 2.14. The monoisotopic (exact) mass is 967 g/mol. The highest BCUT2D eigenvalue weighted by Gasteiger charge is 2.19. The summed E-state index contributed by atoms with van der Waals surface area (Å²) in [5.74, 6) is -1.08. The lowest BCUT2D eigenvalue weighted by Gasteiger charge is -2.18. The molecule has 0 heterocycles. The Morgan fingerprint density at radius 1 is 0.314 bits per heavy atom. The summed E-state index contributed by atoms with van der Waals surface area (Å²) >= 11 is 0. The Hall–Kier alpha value is -4.45. The van der Waals surface area contributed by atoms with Gasteiger partial charge in [-0.05, 0) is 109 Å². The van der Waals surface area contributed by atoms with Crippen molar-refractivity contribution in [1.82, 2.24) is 0 Å². The minimum absolute atomic E-state index is 0.0900. The van der Waals surface area contributed by atoms with Crippen molar-refractivity contribution in [1.29, 1.82) is 0 Å². The molecule has 0 fully saturated rings. The summed E-state index contributed by atoms with van der Waals surface area (Å²) < 4.78 is 16.7. The van der Waals surface area contributed by atoms with Gasteiger partial charge in [0, 0.05) is 12.8 Å². The van der Waals surface area contributed by atoms with Crippen LogP contribution < -0.4 is 0 Å². The predicted molar refractivity (Wildman–Crippen MR) is 302 cm³/mol. The van der Waals surface area contributed by atoms with E-state index >= 15 is 0 Å². The molecule has 0 aromatic heterocycles. The van der Waals surface area contributed by atoms with Crippen molar-refractivity contribution in [2.24, 2.45) is 0 Å². The Bertz CT molecular complexity index is 1530. The van der Waals surface area contributed by atoms with Crippen molar-refractivity contribution >= 4 is 17.9 Å². The van der Waals surface area contributed by atoms with Crippen LogP contribution in [0.1, 0.15) is 233 Å². The van der Waals surface area contributed by atoms with Gasteiger partial charge in [0.2, 0.25) is 0 Å². The van der Waals surface area contributed by atoms with Gasteiger partial charge in [0.25, 0.3) is 0 Å². The van der Waals surface area contributed by atoms with E-state index in [2.05, 4.69) is 142 Å². The molecule has 0 spiro atoms. The van der Waals surface area contributed by atoms with Crippen LogP contribution in [0.25, 0.3) is 0 Å². The normalized spacial score (nSPS) is 13.1. The second-order valence-corrected chi connectivity index (χ2v) is 18.1. The Morgan fingerprint density at radius 2 is 0.600 bits per heavy atom. The highest BCUT2D eigenvalue weighted by atomic mass is 16.6. The molecule has 0 aliphatic carbocycles. The fraction of sp³-hybridized carbons (Fsp3) is 0.609. The SMILES string of the molecule is CC/C=C\C/C=C\C/C=C\C/C=C\C/C=C\CCCCCCCCCCCCCC(=O)OCC(COC(=O)CCCCCCC/C=C\CCC)OC(=O)C/C=C\C/C=C\C/C=C\C/C=C\C/C=C\CC. The molecule has 394 valence electrons. The molecule has 0 aliphatic rings. The van der Waals surface area contributed by atoms with Gasteiger partial charge < -0.3 is 14.2 Å². The van der Waals surface area contributed by atoms with E-state index in [9.17, 15) is 14.4 Å². The van der Waals surface area contributed by atoms with Crippen LogP contribution in [0.15, 0.2) is 134 Å². The van der Waals surface area contributed by atoms with Gasteiger partial charge in [-0.25, -0.2) is 0 Å². The van der Waals surface area contributed by atoms with Crippen molar-refractivity contribution in [3.8, 4) is 0 Å². The van der Waals surface area contributed by atoms with E-state index in [1.807, 2.05) is 6.08 Å². The third kappa shape index (κ3) is 54.5. The lowest BCUT2D eigenvalue weighted by Crippen LogP contribution is -2.30. The number of rotatable bonds is 49. The van der Waals surface area contributed by atoms with Crippen molar-refractivity contribution in [3.05, 3.63) is 134 Å². The Labute approximate surface area is 430 Å². The van der Waals surface area contributed by atoms with Crippen molar-refractivity contribution < 1.29 is 28.6 Å². The number of allylic oxidation sites excluding steroid dienone is 21. The van der Waals surface area contributed by atoms with Crippen LogP contribution in [0.4, 0.5) is 0 Å². The van der Waals surface area contributed by atoms with Gasteiger partial charge in [0.05, 0.1) is 6.42 Å². The molecule has 6 nitrogen and oxygen atoms in total. The van der Waals surface area contributed by atoms with Gasteiger partial charge in [-0.1, -0.05) is 238 Å². The van der Waals surface area contributed by atoms with Gasteiger partial charge in [-0.15, -0.1) is 0 Å². The van der Waals surface area contributed by atoms with Crippen LogP contribution in [0.5, 0.6) is 0 Å². The van der Waals surface area contributed by atoms with Crippen LogP contribution in [-0.2, 0) is 28.6 Å². The number of esters is 3. The van der Waals surface area contributed by atoms with E-state index in [1.165, 1.54) is 70.6 Å². The number of hydrogen-bond acceptors (Lipinski definition) is 6. The minimum Gasteiger partial charge on any atom is -0.462 e. The number of hydrogen-bond donors (Lipinski definition) is 0. The van der Waals surface area contributed by atoms with Gasteiger partial charge in [0.15, 0.2) is 6.10 Å². The van der Waals surface area contributed by atoms with E-state index in [0.29, 0.717) is 19.3 Å². The van der Waals surface area contributed by atoms with Crippen LogP contribution in [0.2, 0.25) is 0 Å². The molecular weight excluding hydrogens is 865 g/mol. The molecule has 1 atom stereocenters. The van der Waals surface area contributed by atoms with Gasteiger partial charge in [-0.3, -0.25) is 14.4 Å². The second kappa shape index (κ2) is 57.1. The third-order valence-electron chi connectivity index (χ3n) is 11.4. The molecule has 70 heavy (non-hydrogen) atoms. The summed E-state index contributed by atoms with van der Waals surface area (Å²) in [5.41, 5.74) is 0. The molecule has 0 aliphatic heterocycles. The van der Waals surface area contributed by atoms with Crippen molar-refractivity contribution in [3.63, 3.8) is 0 Å². The maximum Gasteiger partial charge on any atom is 0.310 e. The molecule has 0 saturated carbocycles. The van der Waals surface area contributed by atoms with Crippen molar-refractivity contribution in [2.45, 2.75) is 239 Å². The van der Waals surface area contributed by atoms with Crippen LogP contribution in [0, 0.1) is 0 Å². The molecule has 0 bridgehead atoms. The quantitative estimate of drug-likeness (QED) is 0.0262. The second-order valence-electron chi connectivity index (χ2n) is 18.1. The molecule has 0 N–H and O–H groups in total. The number of unbranched alkanes of at least 4 members (excludes halogenated alkanes) is 17. The highest BCUT2D eigenvalue weighted by molar-refractivity contribution is 5.72. The average Bonchev–Trinajstić information content (AvgIpc) is 3.36. The molecular formula is C64H102O6. The summed E-state index contributed by atoms with van der Waals surface area (Å²) in [6.45, 7) is 6.24. The van der Waals surface area contributed by atoms with Gasteiger partial charge >= 0.3 is 17.9 Å². The van der Waals surface area contributed by atoms with E-state index in [1.54, 1.807) is 6.08 Å². The molecule has 0 radical (unpaired) electrons. The zero-order valence-electron chi connectivity index (χ0n) is 45.0. The lowest BCUT2D eigenvalue weighted by molar-refractivity contribution is -0.166. The Kier molecular flexibility index (Phi) is 53.5. The fourth-order valence-electron chi connectivity index (χ4n) is 7.25. The zero-order chi connectivity index (χ0) is 50.7. The van der Waals surface area contributed by atoms with Crippen LogP contribution >= 0.6 is 0 Å². The molecule has 6 heteroatoms. The average molecular weight is 968 g/mol. The largest absolute Gasteiger partial charge is 0.462 e. The zero-order valence-corrected chi connectivity index (χ0v) is 45.0. The first kappa shape index (κ1) is 65.5. The first-order chi connectivity index (χ1) is 34.5.